The topological polar surface area (TPSA) is 23.8 Å². The van der Waals surface area contributed by atoms with E-state index in [0.717, 1.165) is 15.0 Å². The monoisotopic (exact) mass is 189 g/mol. The molecule has 0 radical (unpaired) electrons. The van der Waals surface area contributed by atoms with Crippen LogP contribution in [0.25, 0.3) is 0 Å². The maximum Gasteiger partial charge on any atom is 0.133 e. The molecule has 52 valence electrons. The Labute approximate surface area is 72.6 Å². The van der Waals surface area contributed by atoms with Crippen molar-refractivity contribution in [1.82, 2.24) is 0 Å². The lowest BCUT2D eigenvalue weighted by Crippen LogP contribution is -1.65. The minimum atomic E-state index is 0.744. The van der Waals surface area contributed by atoms with Gasteiger partial charge in [0.25, 0.3) is 0 Å². The Bertz CT molecular complexity index is 250. The predicted octanol–water partition coefficient (Wildman–Crippen LogP) is 3.12. The molecule has 0 spiro atoms. The van der Waals surface area contributed by atoms with Gasteiger partial charge in [0.15, 0.2) is 0 Å². The van der Waals surface area contributed by atoms with Gasteiger partial charge in [-0.05, 0) is 23.9 Å². The van der Waals surface area contributed by atoms with Crippen molar-refractivity contribution in [3.8, 4) is 5.40 Å². The molecular weight excluding hydrogens is 186 g/mol. The Morgan fingerprint density at radius 3 is 3.00 bits per heavy atom. The second-order valence-corrected chi connectivity index (χ2v) is 4.15. The first-order valence-electron chi connectivity index (χ1n) is 2.58. The van der Waals surface area contributed by atoms with E-state index in [1.54, 1.807) is 0 Å². The van der Waals surface area contributed by atoms with Crippen molar-refractivity contribution in [2.24, 2.45) is 0 Å². The van der Waals surface area contributed by atoms with Crippen LogP contribution < -0.4 is 0 Å². The van der Waals surface area contributed by atoms with Crippen molar-refractivity contribution in [2.75, 3.05) is 0 Å². The summed E-state index contributed by atoms with van der Waals surface area (Å²) < 4.78 is 0.786. The molecule has 1 nitrogen and oxygen atoms in total. The molecule has 0 aliphatic rings. The van der Waals surface area contributed by atoms with Crippen LogP contribution >= 0.6 is 34.7 Å². The molecule has 1 aromatic rings. The van der Waals surface area contributed by atoms with Gasteiger partial charge in [-0.3, -0.25) is 0 Å². The highest BCUT2D eigenvalue weighted by molar-refractivity contribution is 8.03. The third-order valence-corrected chi connectivity index (χ3v) is 2.91. The van der Waals surface area contributed by atoms with E-state index in [9.17, 15) is 0 Å². The predicted molar refractivity (Wildman–Crippen MR) is 46.2 cm³/mol. The summed E-state index contributed by atoms with van der Waals surface area (Å²) in [5.41, 5.74) is 0. The lowest BCUT2D eigenvalue weighted by molar-refractivity contribution is 1.54. The summed E-state index contributed by atoms with van der Waals surface area (Å²) >= 11 is 8.42. The van der Waals surface area contributed by atoms with E-state index in [4.69, 9.17) is 16.9 Å². The molecule has 0 amide bonds. The Hall–Kier alpha value is -0.170. The van der Waals surface area contributed by atoms with Gasteiger partial charge in [0.05, 0.1) is 4.34 Å². The SMILES string of the molecule is N#CSCc1ccc(Cl)s1. The van der Waals surface area contributed by atoms with Gasteiger partial charge in [-0.25, -0.2) is 0 Å². The highest BCUT2D eigenvalue weighted by atomic mass is 35.5. The van der Waals surface area contributed by atoms with Crippen LogP contribution in [-0.4, -0.2) is 0 Å². The molecule has 0 aromatic carbocycles. The maximum absolute atomic E-state index is 8.22. The molecule has 0 aliphatic heterocycles. The minimum absolute atomic E-state index is 0.744. The van der Waals surface area contributed by atoms with Crippen molar-refractivity contribution in [3.63, 3.8) is 0 Å². The number of nitriles is 1. The standard InChI is InChI=1S/C6H4ClNS2/c7-6-2-1-5(10-6)3-9-4-8/h1-2H,3H2. The van der Waals surface area contributed by atoms with Crippen molar-refractivity contribution in [3.05, 3.63) is 21.3 Å². The molecule has 1 aromatic heterocycles. The smallest absolute Gasteiger partial charge is 0.133 e. The van der Waals surface area contributed by atoms with E-state index in [-0.39, 0.29) is 0 Å². The number of thioether (sulfide) groups is 1. The third kappa shape index (κ3) is 2.22. The number of thiocyanates is 1. The van der Waals surface area contributed by atoms with E-state index in [2.05, 4.69) is 0 Å². The first-order valence-corrected chi connectivity index (χ1v) is 4.76. The fourth-order valence-electron chi connectivity index (χ4n) is 0.533. The molecule has 0 atom stereocenters. The van der Waals surface area contributed by atoms with Crippen molar-refractivity contribution in [1.29, 1.82) is 5.26 Å². The molecule has 1 rings (SSSR count). The molecule has 0 unspecified atom stereocenters. The first-order chi connectivity index (χ1) is 4.83. The van der Waals surface area contributed by atoms with Crippen LogP contribution in [0.3, 0.4) is 0 Å². The van der Waals surface area contributed by atoms with Crippen LogP contribution in [0.5, 0.6) is 0 Å². The number of hydrogen-bond acceptors (Lipinski definition) is 3. The van der Waals surface area contributed by atoms with Gasteiger partial charge in [-0.2, -0.15) is 5.26 Å². The summed E-state index contributed by atoms with van der Waals surface area (Å²) in [4.78, 5) is 1.15. The van der Waals surface area contributed by atoms with E-state index >= 15 is 0 Å². The Morgan fingerprint density at radius 2 is 2.50 bits per heavy atom. The summed E-state index contributed by atoms with van der Waals surface area (Å²) in [6, 6.07) is 3.79. The Kier molecular flexibility index (Phi) is 3.07. The van der Waals surface area contributed by atoms with Crippen LogP contribution in [-0.2, 0) is 5.75 Å². The molecule has 4 heteroatoms. The largest absolute Gasteiger partial charge is 0.185 e. The number of halogens is 1. The normalized spacial score (nSPS) is 9.20. The maximum atomic E-state index is 8.22. The number of hydrogen-bond donors (Lipinski definition) is 0. The Morgan fingerprint density at radius 1 is 1.70 bits per heavy atom. The van der Waals surface area contributed by atoms with Crippen molar-refractivity contribution in [2.45, 2.75) is 5.75 Å². The molecule has 1 heterocycles. The van der Waals surface area contributed by atoms with E-state index in [1.807, 2.05) is 17.5 Å². The zero-order chi connectivity index (χ0) is 7.40. The quantitative estimate of drug-likeness (QED) is 0.668. The molecule has 0 aliphatic carbocycles. The number of thiophene rings is 1. The average Bonchev–Trinajstić information content (AvgIpc) is 2.31. The van der Waals surface area contributed by atoms with Gasteiger partial charge < -0.3 is 0 Å². The summed E-state index contributed by atoms with van der Waals surface area (Å²) in [7, 11) is 0. The Balaban J connectivity index is 2.52. The molecular formula is C6H4ClNS2. The highest BCUT2D eigenvalue weighted by Crippen LogP contribution is 2.24. The zero-order valence-corrected chi connectivity index (χ0v) is 7.39. The summed E-state index contributed by atoms with van der Waals surface area (Å²) in [5, 5.41) is 10.2. The second kappa shape index (κ2) is 3.87. The van der Waals surface area contributed by atoms with E-state index in [0.29, 0.717) is 0 Å². The molecule has 0 N–H and O–H groups in total. The highest BCUT2D eigenvalue weighted by Gasteiger charge is 1.96. The molecule has 0 bridgehead atoms. The van der Waals surface area contributed by atoms with Gasteiger partial charge in [0.2, 0.25) is 0 Å². The molecule has 0 saturated heterocycles. The van der Waals surface area contributed by atoms with Crippen LogP contribution in [0, 0.1) is 10.7 Å². The van der Waals surface area contributed by atoms with Crippen molar-refractivity contribution < 1.29 is 0 Å². The van der Waals surface area contributed by atoms with Crippen LogP contribution in [0.15, 0.2) is 12.1 Å². The van der Waals surface area contributed by atoms with Gasteiger partial charge in [-0.1, -0.05) is 11.6 Å². The lowest BCUT2D eigenvalue weighted by Gasteiger charge is -1.84. The molecule has 0 fully saturated rings. The zero-order valence-electron chi connectivity index (χ0n) is 5.00. The fourth-order valence-corrected chi connectivity index (χ4v) is 2.13. The summed E-state index contributed by atoms with van der Waals surface area (Å²) in [6.07, 6.45) is 0. The van der Waals surface area contributed by atoms with Crippen LogP contribution in [0.2, 0.25) is 4.34 Å². The van der Waals surface area contributed by atoms with Crippen molar-refractivity contribution >= 4 is 34.7 Å². The van der Waals surface area contributed by atoms with Gasteiger partial charge in [-0.15, -0.1) is 11.3 Å². The van der Waals surface area contributed by atoms with Crippen LogP contribution in [0.4, 0.5) is 0 Å². The lowest BCUT2D eigenvalue weighted by atomic mass is 10.5. The number of nitrogens with zero attached hydrogens (tertiary/aromatic N) is 1. The van der Waals surface area contributed by atoms with Gasteiger partial charge >= 0.3 is 0 Å². The van der Waals surface area contributed by atoms with E-state index < -0.39 is 0 Å². The van der Waals surface area contributed by atoms with Gasteiger partial charge in [0.1, 0.15) is 5.40 Å². The molecule has 10 heavy (non-hydrogen) atoms. The second-order valence-electron chi connectivity index (χ2n) is 1.59. The van der Waals surface area contributed by atoms with Crippen LogP contribution in [0.1, 0.15) is 4.88 Å². The molecule has 0 saturated carbocycles. The first kappa shape index (κ1) is 7.93. The third-order valence-electron chi connectivity index (χ3n) is 0.908. The summed E-state index contributed by atoms with van der Waals surface area (Å²) in [5.74, 6) is 0.744. The average molecular weight is 190 g/mol. The fraction of sp³-hybridized carbons (Fsp3) is 0.167. The van der Waals surface area contributed by atoms with E-state index in [1.165, 1.54) is 23.1 Å². The summed E-state index contributed by atoms with van der Waals surface area (Å²) in [6.45, 7) is 0. The van der Waals surface area contributed by atoms with Gasteiger partial charge in [0, 0.05) is 10.6 Å². The minimum Gasteiger partial charge on any atom is -0.185 e. The number of rotatable bonds is 2.